The van der Waals surface area contributed by atoms with Gasteiger partial charge in [-0.25, -0.2) is 0 Å². The number of amides is 2. The minimum Gasteiger partial charge on any atom is -0.489 e. The number of rotatable bonds is 6. The van der Waals surface area contributed by atoms with Crippen LogP contribution in [0.2, 0.25) is 0 Å². The lowest BCUT2D eigenvalue weighted by Gasteiger charge is -2.09. The Labute approximate surface area is 168 Å². The van der Waals surface area contributed by atoms with E-state index >= 15 is 0 Å². The Balaban J connectivity index is 1.59. The zero-order valence-corrected chi connectivity index (χ0v) is 16.9. The van der Waals surface area contributed by atoms with Crippen LogP contribution in [0.25, 0.3) is 0 Å². The Bertz CT molecular complexity index is 993. The highest BCUT2D eigenvalue weighted by atomic mass is 32.1. The molecule has 0 bridgehead atoms. The van der Waals surface area contributed by atoms with Crippen molar-refractivity contribution in [2.75, 3.05) is 10.6 Å². The first-order chi connectivity index (χ1) is 13.4. The van der Waals surface area contributed by atoms with Crippen molar-refractivity contribution in [1.29, 1.82) is 0 Å². The number of carbonyl (C=O) groups is 2. The second-order valence-corrected chi connectivity index (χ2v) is 7.50. The molecule has 1 aromatic heterocycles. The number of benzene rings is 2. The molecule has 3 aromatic rings. The molecular weight excluding hydrogens is 372 g/mol. The standard InChI is InChI=1S/C22H22N2O3S/c1-14-4-5-15(2)20(10-14)27-12-17-11-21(28-13-17)22(26)24-19-8-6-18(7-9-19)23-16(3)25/h4-11,13H,12H2,1-3H3,(H,23,25)(H,24,26). The molecule has 0 atom stereocenters. The Kier molecular flexibility index (Phi) is 6.11. The van der Waals surface area contributed by atoms with Gasteiger partial charge in [-0.05, 0) is 66.8 Å². The van der Waals surface area contributed by atoms with E-state index in [1.54, 1.807) is 24.3 Å². The van der Waals surface area contributed by atoms with Crippen LogP contribution in [0.1, 0.15) is 33.3 Å². The molecule has 0 radical (unpaired) electrons. The van der Waals surface area contributed by atoms with E-state index in [0.717, 1.165) is 22.4 Å². The van der Waals surface area contributed by atoms with Crippen molar-refractivity contribution >= 4 is 34.5 Å². The maximum absolute atomic E-state index is 12.5. The topological polar surface area (TPSA) is 67.4 Å². The Morgan fingerprint density at radius 3 is 2.32 bits per heavy atom. The number of hydrogen-bond acceptors (Lipinski definition) is 4. The summed E-state index contributed by atoms with van der Waals surface area (Å²) in [7, 11) is 0. The zero-order valence-electron chi connectivity index (χ0n) is 16.0. The average Bonchev–Trinajstić information content (AvgIpc) is 3.13. The van der Waals surface area contributed by atoms with Gasteiger partial charge in [0.1, 0.15) is 12.4 Å². The first-order valence-electron chi connectivity index (χ1n) is 8.87. The molecule has 144 valence electrons. The van der Waals surface area contributed by atoms with Gasteiger partial charge in [0, 0.05) is 23.9 Å². The fourth-order valence-corrected chi connectivity index (χ4v) is 3.42. The molecule has 2 aromatic carbocycles. The fraction of sp³-hybridized carbons (Fsp3) is 0.182. The van der Waals surface area contributed by atoms with Gasteiger partial charge >= 0.3 is 0 Å². The third-order valence-corrected chi connectivity index (χ3v) is 5.06. The number of ether oxygens (including phenoxy) is 1. The van der Waals surface area contributed by atoms with Crippen molar-refractivity contribution in [3.63, 3.8) is 0 Å². The number of carbonyl (C=O) groups excluding carboxylic acids is 2. The predicted octanol–water partition coefficient (Wildman–Crippen LogP) is 5.15. The van der Waals surface area contributed by atoms with Crippen LogP contribution in [-0.2, 0) is 11.4 Å². The summed E-state index contributed by atoms with van der Waals surface area (Å²) in [5.74, 6) is 0.553. The Morgan fingerprint density at radius 1 is 0.964 bits per heavy atom. The van der Waals surface area contributed by atoms with Crippen LogP contribution >= 0.6 is 11.3 Å². The Hall–Kier alpha value is -3.12. The molecule has 0 aliphatic rings. The van der Waals surface area contributed by atoms with Crippen molar-refractivity contribution in [2.24, 2.45) is 0 Å². The molecule has 2 amide bonds. The Morgan fingerprint density at radius 2 is 1.64 bits per heavy atom. The molecule has 0 fully saturated rings. The molecule has 0 saturated heterocycles. The number of nitrogens with one attached hydrogen (secondary N) is 2. The number of hydrogen-bond donors (Lipinski definition) is 2. The van der Waals surface area contributed by atoms with Crippen LogP contribution in [0.3, 0.4) is 0 Å². The third-order valence-electron chi connectivity index (χ3n) is 4.08. The average molecular weight is 394 g/mol. The summed E-state index contributed by atoms with van der Waals surface area (Å²) in [4.78, 5) is 24.1. The normalized spacial score (nSPS) is 10.4. The largest absolute Gasteiger partial charge is 0.489 e. The first kappa shape index (κ1) is 19.6. The molecule has 28 heavy (non-hydrogen) atoms. The van der Waals surface area contributed by atoms with Gasteiger partial charge in [0.15, 0.2) is 0 Å². The van der Waals surface area contributed by atoms with Crippen LogP contribution in [0.15, 0.2) is 53.9 Å². The van der Waals surface area contributed by atoms with Crippen LogP contribution < -0.4 is 15.4 Å². The molecule has 0 aliphatic heterocycles. The second-order valence-electron chi connectivity index (χ2n) is 6.59. The third kappa shape index (κ3) is 5.20. The molecule has 6 heteroatoms. The number of aryl methyl sites for hydroxylation is 2. The van der Waals surface area contributed by atoms with Gasteiger partial charge in [0.05, 0.1) is 4.88 Å². The van der Waals surface area contributed by atoms with Crippen molar-refractivity contribution in [1.82, 2.24) is 0 Å². The van der Waals surface area contributed by atoms with E-state index in [1.807, 2.05) is 37.4 Å². The minimum atomic E-state index is -0.171. The van der Waals surface area contributed by atoms with Crippen LogP contribution in [0, 0.1) is 13.8 Å². The van der Waals surface area contributed by atoms with E-state index in [-0.39, 0.29) is 11.8 Å². The molecule has 3 rings (SSSR count). The monoisotopic (exact) mass is 394 g/mol. The molecule has 5 nitrogen and oxygen atoms in total. The summed E-state index contributed by atoms with van der Waals surface area (Å²) < 4.78 is 5.90. The van der Waals surface area contributed by atoms with Crippen molar-refractivity contribution in [3.05, 3.63) is 75.5 Å². The maximum atomic E-state index is 12.5. The van der Waals surface area contributed by atoms with Crippen molar-refractivity contribution in [3.8, 4) is 5.75 Å². The lowest BCUT2D eigenvalue weighted by molar-refractivity contribution is -0.114. The lowest BCUT2D eigenvalue weighted by Crippen LogP contribution is -2.10. The molecular formula is C22H22N2O3S. The van der Waals surface area contributed by atoms with E-state index in [4.69, 9.17) is 4.74 Å². The van der Waals surface area contributed by atoms with Crippen molar-refractivity contribution in [2.45, 2.75) is 27.4 Å². The fourth-order valence-electron chi connectivity index (χ4n) is 2.63. The minimum absolute atomic E-state index is 0.133. The zero-order chi connectivity index (χ0) is 20.1. The lowest BCUT2D eigenvalue weighted by atomic mass is 10.1. The first-order valence-corrected chi connectivity index (χ1v) is 9.75. The summed E-state index contributed by atoms with van der Waals surface area (Å²) in [6.45, 7) is 5.91. The predicted molar refractivity (Wildman–Crippen MR) is 113 cm³/mol. The van der Waals surface area contributed by atoms with Gasteiger partial charge in [-0.15, -0.1) is 11.3 Å². The molecule has 0 unspecified atom stereocenters. The number of anilines is 2. The van der Waals surface area contributed by atoms with E-state index in [0.29, 0.717) is 22.9 Å². The maximum Gasteiger partial charge on any atom is 0.265 e. The molecule has 0 saturated carbocycles. The van der Waals surface area contributed by atoms with E-state index < -0.39 is 0 Å². The molecule has 0 aliphatic carbocycles. The second kappa shape index (κ2) is 8.71. The summed E-state index contributed by atoms with van der Waals surface area (Å²) in [5, 5.41) is 7.48. The highest BCUT2D eigenvalue weighted by molar-refractivity contribution is 7.12. The summed E-state index contributed by atoms with van der Waals surface area (Å²) in [6, 6.07) is 14.9. The van der Waals surface area contributed by atoms with Gasteiger partial charge in [-0.3, -0.25) is 9.59 Å². The van der Waals surface area contributed by atoms with Crippen LogP contribution in [0.5, 0.6) is 5.75 Å². The smallest absolute Gasteiger partial charge is 0.265 e. The number of thiophene rings is 1. The molecule has 2 N–H and O–H groups in total. The molecule has 0 spiro atoms. The SMILES string of the molecule is CC(=O)Nc1ccc(NC(=O)c2cc(COc3cc(C)ccc3C)cs2)cc1. The van der Waals surface area contributed by atoms with Crippen LogP contribution in [-0.4, -0.2) is 11.8 Å². The van der Waals surface area contributed by atoms with E-state index in [2.05, 4.69) is 16.7 Å². The summed E-state index contributed by atoms with van der Waals surface area (Å²) >= 11 is 1.38. The highest BCUT2D eigenvalue weighted by Gasteiger charge is 2.11. The summed E-state index contributed by atoms with van der Waals surface area (Å²) in [6.07, 6.45) is 0. The van der Waals surface area contributed by atoms with Gasteiger partial charge in [0.25, 0.3) is 5.91 Å². The van der Waals surface area contributed by atoms with E-state index in [1.165, 1.54) is 18.3 Å². The highest BCUT2D eigenvalue weighted by Crippen LogP contribution is 2.23. The summed E-state index contributed by atoms with van der Waals surface area (Å²) in [5.41, 5.74) is 4.54. The van der Waals surface area contributed by atoms with E-state index in [9.17, 15) is 9.59 Å². The molecule has 1 heterocycles. The quantitative estimate of drug-likeness (QED) is 0.607. The van der Waals surface area contributed by atoms with Crippen LogP contribution in [0.4, 0.5) is 11.4 Å². The van der Waals surface area contributed by atoms with Gasteiger partial charge < -0.3 is 15.4 Å². The van der Waals surface area contributed by atoms with Gasteiger partial charge in [-0.1, -0.05) is 12.1 Å². The van der Waals surface area contributed by atoms with Gasteiger partial charge in [0.2, 0.25) is 5.91 Å². The van der Waals surface area contributed by atoms with Crippen molar-refractivity contribution < 1.29 is 14.3 Å². The van der Waals surface area contributed by atoms with Gasteiger partial charge in [-0.2, -0.15) is 0 Å².